The average molecular weight is 371 g/mol. The second-order valence-electron chi connectivity index (χ2n) is 5.63. The van der Waals surface area contributed by atoms with Gasteiger partial charge in [-0.2, -0.15) is 0 Å². The maximum atomic E-state index is 12.5. The molecule has 3 N–H and O–H groups in total. The lowest BCUT2D eigenvalue weighted by atomic mass is 10.00. The number of H-pyrrole nitrogens is 2. The molecule has 0 aliphatic rings. The first-order valence-electron chi connectivity index (χ1n) is 7.78. The quantitative estimate of drug-likeness (QED) is 0.633. The van der Waals surface area contributed by atoms with E-state index in [1.807, 2.05) is 6.07 Å². The summed E-state index contributed by atoms with van der Waals surface area (Å²) in [6.45, 7) is 0. The number of halogens is 1. The van der Waals surface area contributed by atoms with Crippen LogP contribution in [-0.4, -0.2) is 21.1 Å². The van der Waals surface area contributed by atoms with E-state index in [0.29, 0.717) is 5.02 Å². The summed E-state index contributed by atoms with van der Waals surface area (Å²) in [5.41, 5.74) is 0.698. The molecule has 0 bridgehead atoms. The van der Waals surface area contributed by atoms with Crippen LogP contribution in [0.15, 0.2) is 64.4 Å². The van der Waals surface area contributed by atoms with Crippen molar-refractivity contribution >= 4 is 17.5 Å². The SMILES string of the molecule is O=C(Cc1cc(=O)[nH][nH]c1=O)N[C@@H](c1ccc(Cl)cc1)c1cccnc1. The summed E-state index contributed by atoms with van der Waals surface area (Å²) in [5.74, 6) is -0.398. The summed E-state index contributed by atoms with van der Waals surface area (Å²) >= 11 is 5.94. The summed E-state index contributed by atoms with van der Waals surface area (Å²) in [7, 11) is 0. The Morgan fingerprint density at radius 1 is 1.12 bits per heavy atom. The first-order chi connectivity index (χ1) is 12.5. The Morgan fingerprint density at radius 3 is 2.58 bits per heavy atom. The Bertz CT molecular complexity index is 1010. The summed E-state index contributed by atoms with van der Waals surface area (Å²) in [4.78, 5) is 39.6. The van der Waals surface area contributed by atoms with Crippen LogP contribution < -0.4 is 16.4 Å². The molecule has 1 atom stereocenters. The van der Waals surface area contributed by atoms with Gasteiger partial charge in [-0.25, -0.2) is 0 Å². The Labute approximate surface area is 153 Å². The molecule has 0 radical (unpaired) electrons. The molecule has 7 nitrogen and oxygen atoms in total. The van der Waals surface area contributed by atoms with E-state index >= 15 is 0 Å². The maximum Gasteiger partial charge on any atom is 0.266 e. The molecule has 1 aromatic carbocycles. The molecule has 3 rings (SSSR count). The Hall–Kier alpha value is -3.19. The fourth-order valence-corrected chi connectivity index (χ4v) is 2.66. The predicted molar refractivity (Wildman–Crippen MR) is 97.1 cm³/mol. The highest BCUT2D eigenvalue weighted by atomic mass is 35.5. The number of hydrogen-bond donors (Lipinski definition) is 3. The van der Waals surface area contributed by atoms with E-state index in [4.69, 9.17) is 11.6 Å². The minimum Gasteiger partial charge on any atom is -0.345 e. The molecule has 0 aliphatic carbocycles. The van der Waals surface area contributed by atoms with Crippen LogP contribution in [0.3, 0.4) is 0 Å². The summed E-state index contributed by atoms with van der Waals surface area (Å²) in [6, 6.07) is 11.3. The number of hydrogen-bond acceptors (Lipinski definition) is 4. The Morgan fingerprint density at radius 2 is 1.88 bits per heavy atom. The highest BCUT2D eigenvalue weighted by molar-refractivity contribution is 6.30. The summed E-state index contributed by atoms with van der Waals surface area (Å²) < 4.78 is 0. The van der Waals surface area contributed by atoms with Gasteiger partial charge in [-0.1, -0.05) is 29.8 Å². The van der Waals surface area contributed by atoms with Gasteiger partial charge in [0, 0.05) is 29.0 Å². The molecular weight excluding hydrogens is 356 g/mol. The fraction of sp³-hybridized carbons (Fsp3) is 0.111. The fourth-order valence-electron chi connectivity index (χ4n) is 2.54. The number of benzene rings is 1. The third-order valence-corrected chi connectivity index (χ3v) is 4.03. The van der Waals surface area contributed by atoms with Crippen LogP contribution in [0, 0.1) is 0 Å². The standard InChI is InChI=1S/C18H15ClN4O3/c19-14-5-3-11(4-6-14)17(12-2-1-7-20-10-12)21-15(24)8-13-9-16(25)22-23-18(13)26/h1-7,9-10,17H,8H2,(H,21,24)(H,22,25)(H,23,26)/t17-/m0/s1. The molecule has 3 aromatic rings. The number of aromatic amines is 2. The zero-order chi connectivity index (χ0) is 18.5. The first kappa shape index (κ1) is 17.6. The van der Waals surface area contributed by atoms with Crippen molar-refractivity contribution in [2.45, 2.75) is 12.5 Å². The van der Waals surface area contributed by atoms with Crippen LogP contribution in [0.1, 0.15) is 22.7 Å². The van der Waals surface area contributed by atoms with Gasteiger partial charge in [0.05, 0.1) is 12.5 Å². The molecular formula is C18H15ClN4O3. The monoisotopic (exact) mass is 370 g/mol. The van der Waals surface area contributed by atoms with Crippen LogP contribution in [0.2, 0.25) is 5.02 Å². The number of amides is 1. The number of carbonyl (C=O) groups excluding carboxylic acids is 1. The molecule has 0 fully saturated rings. The van der Waals surface area contributed by atoms with Crippen molar-refractivity contribution in [3.05, 3.63) is 97.3 Å². The van der Waals surface area contributed by atoms with E-state index < -0.39 is 23.1 Å². The van der Waals surface area contributed by atoms with Crippen molar-refractivity contribution in [2.75, 3.05) is 0 Å². The van der Waals surface area contributed by atoms with E-state index in [1.54, 1.807) is 42.7 Å². The summed E-state index contributed by atoms with van der Waals surface area (Å²) in [6.07, 6.45) is 3.07. The highest BCUT2D eigenvalue weighted by Gasteiger charge is 2.18. The van der Waals surface area contributed by atoms with Crippen molar-refractivity contribution < 1.29 is 4.79 Å². The van der Waals surface area contributed by atoms with Crippen molar-refractivity contribution in [1.82, 2.24) is 20.5 Å². The number of carbonyl (C=O) groups is 1. The van der Waals surface area contributed by atoms with Crippen LogP contribution in [0.5, 0.6) is 0 Å². The lowest BCUT2D eigenvalue weighted by molar-refractivity contribution is -0.120. The largest absolute Gasteiger partial charge is 0.345 e. The van der Waals surface area contributed by atoms with Gasteiger partial charge in [-0.05, 0) is 29.3 Å². The first-order valence-corrected chi connectivity index (χ1v) is 8.16. The van der Waals surface area contributed by atoms with Crippen molar-refractivity contribution in [3.63, 3.8) is 0 Å². The number of pyridine rings is 1. The molecule has 132 valence electrons. The van der Waals surface area contributed by atoms with E-state index in [1.165, 1.54) is 0 Å². The van der Waals surface area contributed by atoms with Crippen molar-refractivity contribution in [1.29, 1.82) is 0 Å². The maximum absolute atomic E-state index is 12.5. The Balaban J connectivity index is 1.87. The van der Waals surface area contributed by atoms with Crippen LogP contribution >= 0.6 is 11.6 Å². The number of rotatable bonds is 5. The zero-order valence-corrected chi connectivity index (χ0v) is 14.3. The smallest absolute Gasteiger partial charge is 0.266 e. The molecule has 0 spiro atoms. The van der Waals surface area contributed by atoms with Crippen molar-refractivity contribution in [2.24, 2.45) is 0 Å². The van der Waals surface area contributed by atoms with E-state index in [0.717, 1.165) is 17.2 Å². The molecule has 26 heavy (non-hydrogen) atoms. The van der Waals surface area contributed by atoms with Crippen LogP contribution in [0.4, 0.5) is 0 Å². The predicted octanol–water partition coefficient (Wildman–Crippen LogP) is 1.56. The number of nitrogens with one attached hydrogen (secondary N) is 3. The van der Waals surface area contributed by atoms with Gasteiger partial charge >= 0.3 is 0 Å². The van der Waals surface area contributed by atoms with E-state index in [2.05, 4.69) is 20.5 Å². The minimum atomic E-state index is -0.510. The second kappa shape index (κ2) is 7.79. The Kier molecular flexibility index (Phi) is 5.28. The molecule has 0 saturated carbocycles. The van der Waals surface area contributed by atoms with Gasteiger partial charge < -0.3 is 5.32 Å². The van der Waals surface area contributed by atoms with Gasteiger partial charge in [0.15, 0.2) is 0 Å². The topological polar surface area (TPSA) is 108 Å². The third kappa shape index (κ3) is 4.25. The second-order valence-corrected chi connectivity index (χ2v) is 6.06. The van der Waals surface area contributed by atoms with E-state index in [-0.39, 0.29) is 12.0 Å². The molecule has 1 amide bonds. The van der Waals surface area contributed by atoms with Crippen molar-refractivity contribution in [3.8, 4) is 0 Å². The highest BCUT2D eigenvalue weighted by Crippen LogP contribution is 2.23. The molecule has 0 saturated heterocycles. The van der Waals surface area contributed by atoms with Gasteiger partial charge in [-0.3, -0.25) is 29.6 Å². The summed E-state index contributed by atoms with van der Waals surface area (Å²) in [5, 5.41) is 7.82. The van der Waals surface area contributed by atoms with Gasteiger partial charge in [0.2, 0.25) is 5.91 Å². The molecule has 2 aromatic heterocycles. The molecule has 2 heterocycles. The van der Waals surface area contributed by atoms with E-state index in [9.17, 15) is 14.4 Å². The number of aromatic nitrogens is 3. The molecule has 8 heteroatoms. The van der Waals surface area contributed by atoms with Crippen LogP contribution in [-0.2, 0) is 11.2 Å². The third-order valence-electron chi connectivity index (χ3n) is 3.77. The average Bonchev–Trinajstić information content (AvgIpc) is 2.64. The van der Waals surface area contributed by atoms with Gasteiger partial charge in [0.25, 0.3) is 11.1 Å². The van der Waals surface area contributed by atoms with Crippen LogP contribution in [0.25, 0.3) is 0 Å². The van der Waals surface area contributed by atoms with Gasteiger partial charge in [-0.15, -0.1) is 0 Å². The number of nitrogens with zero attached hydrogens (tertiary/aromatic N) is 1. The molecule has 0 unspecified atom stereocenters. The zero-order valence-electron chi connectivity index (χ0n) is 13.5. The minimum absolute atomic E-state index is 0.0901. The lowest BCUT2D eigenvalue weighted by Gasteiger charge is -2.19. The normalized spacial score (nSPS) is 11.7. The lowest BCUT2D eigenvalue weighted by Crippen LogP contribution is -2.33. The van der Waals surface area contributed by atoms with Gasteiger partial charge in [0.1, 0.15) is 0 Å². The molecule has 0 aliphatic heterocycles.